The van der Waals surface area contributed by atoms with Crippen LogP contribution in [0, 0.1) is 0 Å². The zero-order valence-electron chi connectivity index (χ0n) is 14.5. The molecule has 0 aromatic heterocycles. The van der Waals surface area contributed by atoms with Gasteiger partial charge < -0.3 is 15.2 Å². The van der Waals surface area contributed by atoms with Gasteiger partial charge in [0.15, 0.2) is 11.5 Å². The molecule has 0 saturated heterocycles. The number of nitrogen functional groups attached to an aromatic ring is 1. The molecule has 0 aliphatic heterocycles. The second-order valence-electron chi connectivity index (χ2n) is 5.71. The third-order valence-electron chi connectivity index (χ3n) is 4.12. The number of sulfonamides is 1. The van der Waals surface area contributed by atoms with Crippen molar-refractivity contribution in [3.8, 4) is 11.5 Å². The highest BCUT2D eigenvalue weighted by atomic mass is 32.2. The van der Waals surface area contributed by atoms with E-state index >= 15 is 0 Å². The second kappa shape index (κ2) is 7.23. The fourth-order valence-corrected chi connectivity index (χ4v) is 4.02. The number of ether oxygens (including phenoxy) is 2. The normalized spacial score (nSPS) is 11.5. The molecule has 0 atom stereocenters. The molecule has 26 heavy (non-hydrogen) atoms. The van der Waals surface area contributed by atoms with Gasteiger partial charge in [0.2, 0.25) is 10.0 Å². The van der Waals surface area contributed by atoms with Crippen LogP contribution in [-0.2, 0) is 16.6 Å². The van der Waals surface area contributed by atoms with Crippen LogP contribution in [0.3, 0.4) is 0 Å². The molecule has 6 nitrogen and oxygen atoms in total. The van der Waals surface area contributed by atoms with Crippen molar-refractivity contribution in [1.82, 2.24) is 4.72 Å². The Bertz CT molecular complexity index is 1050. The summed E-state index contributed by atoms with van der Waals surface area (Å²) in [4.78, 5) is 0.197. The molecule has 0 spiro atoms. The lowest BCUT2D eigenvalue weighted by Crippen LogP contribution is -2.23. The van der Waals surface area contributed by atoms with Crippen molar-refractivity contribution >= 4 is 26.5 Å². The minimum absolute atomic E-state index is 0.126. The molecule has 0 unspecified atom stereocenters. The van der Waals surface area contributed by atoms with E-state index in [4.69, 9.17) is 15.2 Å². The lowest BCUT2D eigenvalue weighted by atomic mass is 10.1. The molecule has 0 fully saturated rings. The first-order chi connectivity index (χ1) is 12.5. The van der Waals surface area contributed by atoms with Gasteiger partial charge in [-0.25, -0.2) is 13.1 Å². The first-order valence-corrected chi connectivity index (χ1v) is 9.42. The van der Waals surface area contributed by atoms with E-state index in [0.29, 0.717) is 28.0 Å². The van der Waals surface area contributed by atoms with Crippen molar-refractivity contribution in [1.29, 1.82) is 0 Å². The van der Waals surface area contributed by atoms with Crippen LogP contribution in [0.15, 0.2) is 59.5 Å². The Hall–Kier alpha value is -2.77. The molecule has 3 N–H and O–H groups in total. The predicted molar refractivity (Wildman–Crippen MR) is 102 cm³/mol. The monoisotopic (exact) mass is 372 g/mol. The average molecular weight is 372 g/mol. The topological polar surface area (TPSA) is 90.7 Å². The summed E-state index contributed by atoms with van der Waals surface area (Å²) in [6, 6.07) is 15.5. The number of anilines is 1. The predicted octanol–water partition coefficient (Wildman–Crippen LogP) is 2.92. The van der Waals surface area contributed by atoms with Crippen molar-refractivity contribution in [3.05, 3.63) is 60.2 Å². The van der Waals surface area contributed by atoms with Gasteiger partial charge in [-0.2, -0.15) is 0 Å². The first-order valence-electron chi connectivity index (χ1n) is 7.94. The number of nitrogens with two attached hydrogens (primary N) is 1. The molecular formula is C19H20N2O4S. The maximum atomic E-state index is 12.8. The number of hydrogen-bond acceptors (Lipinski definition) is 5. The van der Waals surface area contributed by atoms with Gasteiger partial charge in [0.25, 0.3) is 0 Å². The molecule has 3 rings (SSSR count). The first kappa shape index (κ1) is 18.0. The van der Waals surface area contributed by atoms with Crippen LogP contribution in [-0.4, -0.2) is 22.6 Å². The summed E-state index contributed by atoms with van der Waals surface area (Å²) in [5, 5.41) is 1.30. The minimum Gasteiger partial charge on any atom is -0.493 e. The molecule has 3 aromatic rings. The van der Waals surface area contributed by atoms with Gasteiger partial charge in [-0.3, -0.25) is 0 Å². The Morgan fingerprint density at radius 3 is 2.35 bits per heavy atom. The van der Waals surface area contributed by atoms with Gasteiger partial charge in [0.1, 0.15) is 0 Å². The van der Waals surface area contributed by atoms with Gasteiger partial charge >= 0.3 is 0 Å². The van der Waals surface area contributed by atoms with Gasteiger partial charge in [0.05, 0.1) is 19.1 Å². The van der Waals surface area contributed by atoms with Crippen LogP contribution < -0.4 is 19.9 Å². The van der Waals surface area contributed by atoms with Gasteiger partial charge in [-0.15, -0.1) is 0 Å². The quantitative estimate of drug-likeness (QED) is 0.649. The summed E-state index contributed by atoms with van der Waals surface area (Å²) >= 11 is 0. The van der Waals surface area contributed by atoms with Crippen molar-refractivity contribution in [3.63, 3.8) is 0 Å². The molecule has 0 radical (unpaired) electrons. The Labute approximate surface area is 152 Å². The summed E-state index contributed by atoms with van der Waals surface area (Å²) in [5.74, 6) is 1.13. The second-order valence-corrected chi connectivity index (χ2v) is 7.45. The molecule has 7 heteroatoms. The number of nitrogens with one attached hydrogen (secondary N) is 1. The van der Waals surface area contributed by atoms with Crippen molar-refractivity contribution < 1.29 is 17.9 Å². The zero-order chi connectivity index (χ0) is 18.7. The maximum absolute atomic E-state index is 12.8. The van der Waals surface area contributed by atoms with Crippen LogP contribution in [0.2, 0.25) is 0 Å². The van der Waals surface area contributed by atoms with Crippen molar-refractivity contribution in [2.75, 3.05) is 20.0 Å². The molecule has 0 aliphatic carbocycles. The summed E-state index contributed by atoms with van der Waals surface area (Å²) < 4.78 is 38.7. The van der Waals surface area contributed by atoms with Crippen LogP contribution >= 0.6 is 0 Å². The Balaban J connectivity index is 1.90. The van der Waals surface area contributed by atoms with E-state index in [0.717, 1.165) is 5.56 Å². The number of methoxy groups -OCH3 is 2. The van der Waals surface area contributed by atoms with Crippen LogP contribution in [0.5, 0.6) is 11.5 Å². The van der Waals surface area contributed by atoms with E-state index in [1.165, 1.54) is 7.11 Å². The van der Waals surface area contributed by atoms with Crippen LogP contribution in [0.4, 0.5) is 5.69 Å². The lowest BCUT2D eigenvalue weighted by molar-refractivity contribution is 0.354. The number of hydrogen-bond donors (Lipinski definition) is 2. The highest BCUT2D eigenvalue weighted by Crippen LogP contribution is 2.29. The Kier molecular flexibility index (Phi) is 5.01. The lowest BCUT2D eigenvalue weighted by Gasteiger charge is -2.12. The van der Waals surface area contributed by atoms with E-state index in [9.17, 15) is 8.42 Å². The summed E-state index contributed by atoms with van der Waals surface area (Å²) in [7, 11) is -0.633. The smallest absolute Gasteiger partial charge is 0.241 e. The summed E-state index contributed by atoms with van der Waals surface area (Å²) in [5.41, 5.74) is 7.25. The molecule has 0 aliphatic rings. The van der Waals surface area contributed by atoms with Crippen LogP contribution in [0.25, 0.3) is 10.8 Å². The largest absolute Gasteiger partial charge is 0.493 e. The Morgan fingerprint density at radius 1 is 0.923 bits per heavy atom. The minimum atomic E-state index is -3.71. The van der Waals surface area contributed by atoms with Crippen LogP contribution in [0.1, 0.15) is 5.56 Å². The van der Waals surface area contributed by atoms with E-state index < -0.39 is 10.0 Å². The van der Waals surface area contributed by atoms with Crippen molar-refractivity contribution in [2.24, 2.45) is 0 Å². The molecule has 0 amide bonds. The van der Waals surface area contributed by atoms with Gasteiger partial charge in [0, 0.05) is 23.0 Å². The summed E-state index contributed by atoms with van der Waals surface area (Å²) in [6.45, 7) is 0.126. The van der Waals surface area contributed by atoms with E-state index in [1.807, 2.05) is 0 Å². The third-order valence-corrected chi connectivity index (χ3v) is 5.58. The highest BCUT2D eigenvalue weighted by molar-refractivity contribution is 7.89. The van der Waals surface area contributed by atoms with Crippen molar-refractivity contribution in [2.45, 2.75) is 11.4 Å². The number of benzene rings is 3. The SMILES string of the molecule is COc1ccc(CNS(=O)(=O)c2cccc3c(N)cccc23)cc1OC. The Morgan fingerprint density at radius 2 is 1.62 bits per heavy atom. The van der Waals surface area contributed by atoms with E-state index in [2.05, 4.69) is 4.72 Å². The van der Waals surface area contributed by atoms with E-state index in [1.54, 1.807) is 61.7 Å². The number of fused-ring (bicyclic) bond motifs is 1. The molecule has 0 heterocycles. The standard InChI is InChI=1S/C19H20N2O4S/c1-24-17-10-9-13(11-18(17)25-2)12-21-26(22,23)19-8-4-5-14-15(19)6-3-7-16(14)20/h3-11,21H,12,20H2,1-2H3. The molecular weight excluding hydrogens is 352 g/mol. The molecule has 3 aromatic carbocycles. The maximum Gasteiger partial charge on any atom is 0.241 e. The van der Waals surface area contributed by atoms with Gasteiger partial charge in [-0.05, 0) is 29.8 Å². The molecule has 136 valence electrons. The third kappa shape index (κ3) is 3.44. The zero-order valence-corrected chi connectivity index (χ0v) is 15.3. The fraction of sp³-hybridized carbons (Fsp3) is 0.158. The highest BCUT2D eigenvalue weighted by Gasteiger charge is 2.18. The fourth-order valence-electron chi connectivity index (χ4n) is 2.79. The summed E-state index contributed by atoms with van der Waals surface area (Å²) in [6.07, 6.45) is 0. The molecule has 0 saturated carbocycles. The molecule has 0 bridgehead atoms. The average Bonchev–Trinajstić information content (AvgIpc) is 2.66. The number of rotatable bonds is 6. The van der Waals surface area contributed by atoms with Gasteiger partial charge in [-0.1, -0.05) is 30.3 Å². The van der Waals surface area contributed by atoms with E-state index in [-0.39, 0.29) is 11.4 Å².